The van der Waals surface area contributed by atoms with Gasteiger partial charge in [-0.2, -0.15) is 0 Å². The molecule has 28 heavy (non-hydrogen) atoms. The average molecular weight is 417 g/mol. The smallest absolute Gasteiger partial charge is 0.388 e. The fraction of sp³-hybridized carbons (Fsp3) is 1.00. The molecule has 0 amide bonds. The number of aliphatic hydroxyl groups excluding tert-OH is 1. The second kappa shape index (κ2) is 10.4. The normalized spacial score (nSPS) is 38.4. The Hall–Kier alpha value is 0.0399. The number of nitrogens with one attached hydrogen (secondary N) is 1. The Labute approximate surface area is 169 Å². The molecule has 2 fully saturated rings. The minimum Gasteiger partial charge on any atom is -0.388 e. The van der Waals surface area contributed by atoms with E-state index in [0.29, 0.717) is 6.42 Å². The predicted molar refractivity (Wildman–Crippen MR) is 103 cm³/mol. The van der Waals surface area contributed by atoms with Gasteiger partial charge in [0.05, 0.1) is 31.5 Å². The van der Waals surface area contributed by atoms with Crippen LogP contribution in [0.15, 0.2) is 0 Å². The first-order valence-corrected chi connectivity index (χ1v) is 11.1. The summed E-state index contributed by atoms with van der Waals surface area (Å²) >= 11 is 0. The van der Waals surface area contributed by atoms with E-state index in [9.17, 15) is 14.6 Å². The van der Waals surface area contributed by atoms with Gasteiger partial charge in [0.25, 0.3) is 0 Å². The van der Waals surface area contributed by atoms with Crippen molar-refractivity contribution in [3.05, 3.63) is 0 Å². The van der Waals surface area contributed by atoms with Gasteiger partial charge in [0, 0.05) is 18.0 Å². The van der Waals surface area contributed by atoms with Crippen LogP contribution in [0.2, 0.25) is 0 Å². The van der Waals surface area contributed by atoms with Crippen molar-refractivity contribution in [2.24, 2.45) is 0 Å². The van der Waals surface area contributed by atoms with Gasteiger partial charge >= 0.3 is 7.75 Å². The van der Waals surface area contributed by atoms with Gasteiger partial charge in [-0.3, -0.25) is 4.52 Å². The number of rotatable bonds is 10. The lowest BCUT2D eigenvalue weighted by atomic mass is 9.93. The summed E-state index contributed by atoms with van der Waals surface area (Å²) in [5.74, 6) is 0. The molecule has 12 heteroatoms. The van der Waals surface area contributed by atoms with E-state index in [1.165, 1.54) is 0 Å². The highest BCUT2D eigenvalue weighted by molar-refractivity contribution is 7.50. The summed E-state index contributed by atoms with van der Waals surface area (Å²) in [7, 11) is 7.29. The molecule has 2 saturated heterocycles. The Kier molecular flexibility index (Phi) is 9.01. The van der Waals surface area contributed by atoms with Crippen LogP contribution < -0.4 is 5.09 Å². The summed E-state index contributed by atoms with van der Waals surface area (Å²) < 4.78 is 39.8. The van der Waals surface area contributed by atoms with Gasteiger partial charge in [-0.25, -0.2) is 9.65 Å². The molecule has 0 aromatic carbocycles. The molecule has 0 aliphatic carbocycles. The molecule has 158 valence electrons. The molecule has 2 heterocycles. The fourth-order valence-electron chi connectivity index (χ4n) is 3.16. The number of hydrogen-bond donors (Lipinski definition) is 3. The van der Waals surface area contributed by atoms with Crippen LogP contribution in [0, 0.1) is 0 Å². The maximum Gasteiger partial charge on any atom is 0.403 e. The maximum atomic E-state index is 12.5. The zero-order chi connectivity index (χ0) is 21.1. The van der Waals surface area contributed by atoms with E-state index >= 15 is 0 Å². The molecule has 2 aliphatic rings. The van der Waals surface area contributed by atoms with Crippen molar-refractivity contribution in [2.75, 3.05) is 13.2 Å². The van der Waals surface area contributed by atoms with Crippen LogP contribution in [0.25, 0.3) is 0 Å². The Balaban J connectivity index is 1.90. The molecule has 9 nitrogen and oxygen atoms in total. The topological polar surface area (TPSA) is 116 Å². The van der Waals surface area contributed by atoms with Crippen LogP contribution in [-0.4, -0.2) is 93.6 Å². The van der Waals surface area contributed by atoms with Gasteiger partial charge in [-0.15, -0.1) is 0 Å². The Morgan fingerprint density at radius 3 is 2.43 bits per heavy atom. The second-order valence-corrected chi connectivity index (χ2v) is 9.22. The minimum atomic E-state index is -4.20. The lowest BCUT2D eigenvalue weighted by Crippen LogP contribution is -2.40. The highest BCUT2D eigenvalue weighted by Gasteiger charge is 2.44. The predicted octanol–water partition coefficient (Wildman–Crippen LogP) is -0.182. The summed E-state index contributed by atoms with van der Waals surface area (Å²) in [5, 5.41) is 12.7. The van der Waals surface area contributed by atoms with Gasteiger partial charge in [-0.1, -0.05) is 0 Å². The zero-order valence-corrected chi connectivity index (χ0v) is 17.7. The van der Waals surface area contributed by atoms with Crippen LogP contribution in [-0.2, 0) is 28.0 Å². The maximum absolute atomic E-state index is 12.5. The number of aliphatic hydroxyl groups is 1. The van der Waals surface area contributed by atoms with E-state index < -0.39 is 50.2 Å². The lowest BCUT2D eigenvalue weighted by Gasteiger charge is -2.26. The van der Waals surface area contributed by atoms with Gasteiger partial charge in [0.2, 0.25) is 0 Å². The first-order chi connectivity index (χ1) is 13.0. The molecule has 0 aromatic rings. The van der Waals surface area contributed by atoms with E-state index in [-0.39, 0.29) is 25.4 Å². The van der Waals surface area contributed by atoms with Crippen molar-refractivity contribution in [1.29, 1.82) is 0 Å². The van der Waals surface area contributed by atoms with Gasteiger partial charge in [0.15, 0.2) is 0 Å². The van der Waals surface area contributed by atoms with Gasteiger partial charge < -0.3 is 28.9 Å². The van der Waals surface area contributed by atoms with Crippen molar-refractivity contribution in [1.82, 2.24) is 5.09 Å². The highest BCUT2D eigenvalue weighted by Crippen LogP contribution is 2.41. The fourth-order valence-corrected chi connectivity index (χ4v) is 4.27. The van der Waals surface area contributed by atoms with Crippen LogP contribution in [0.4, 0.5) is 0 Å². The van der Waals surface area contributed by atoms with Crippen molar-refractivity contribution in [3.8, 4) is 0 Å². The summed E-state index contributed by atoms with van der Waals surface area (Å²) in [4.78, 5) is 10.2. The van der Waals surface area contributed by atoms with E-state index in [0.717, 1.165) is 0 Å². The Morgan fingerprint density at radius 1 is 1.14 bits per heavy atom. The standard InChI is InChI=1S/C16H30B2NO8P/c1-8(2)23-6-11-10(5-13(17)26-11)19-28(21,22)24-7-12-15(25-9(3)4)14(20)16(18)27-12/h8-16,20H,5-7H2,1-4H3,(H2,19,21,22)/t10?,11-,12-,13-,14+,15?,16-/m1/s1. The van der Waals surface area contributed by atoms with Gasteiger partial charge in [-0.05, 0) is 34.1 Å². The SMILES string of the molecule is [B][C@@H]1O[C@H](COP(=O)(O)NC2C[C@H]([B])O[C@@H]2COC(C)C)C(OC(C)C)[C@@H]1O. The number of hydrogen-bond acceptors (Lipinski definition) is 7. The quantitative estimate of drug-likeness (QED) is 0.329. The lowest BCUT2D eigenvalue weighted by molar-refractivity contribution is -0.0758. The first kappa shape index (κ1) is 24.3. The summed E-state index contributed by atoms with van der Waals surface area (Å²) in [5.41, 5.74) is 0. The molecule has 3 unspecified atom stereocenters. The number of ether oxygens (including phenoxy) is 4. The molecule has 2 rings (SSSR count). The molecule has 3 N–H and O–H groups in total. The highest BCUT2D eigenvalue weighted by atomic mass is 31.2. The Bertz CT molecular complexity index is 543. The molecule has 0 spiro atoms. The van der Waals surface area contributed by atoms with Crippen LogP contribution in [0.3, 0.4) is 0 Å². The van der Waals surface area contributed by atoms with Crippen LogP contribution in [0.1, 0.15) is 34.1 Å². The largest absolute Gasteiger partial charge is 0.403 e. The monoisotopic (exact) mass is 417 g/mol. The molecule has 2 aliphatic heterocycles. The third-order valence-electron chi connectivity index (χ3n) is 4.42. The molecular formula is C16H30B2NO8P. The second-order valence-electron chi connectivity index (χ2n) is 7.66. The first-order valence-electron chi connectivity index (χ1n) is 9.51. The summed E-state index contributed by atoms with van der Waals surface area (Å²) in [6.45, 7) is 7.32. The van der Waals surface area contributed by atoms with Crippen LogP contribution >= 0.6 is 7.75 Å². The van der Waals surface area contributed by atoms with Crippen molar-refractivity contribution >= 4 is 23.4 Å². The van der Waals surface area contributed by atoms with Crippen molar-refractivity contribution < 1.29 is 38.0 Å². The molecule has 4 radical (unpaired) electrons. The van der Waals surface area contributed by atoms with Crippen molar-refractivity contribution in [3.63, 3.8) is 0 Å². The zero-order valence-electron chi connectivity index (χ0n) is 16.8. The van der Waals surface area contributed by atoms with E-state index in [1.54, 1.807) is 13.8 Å². The molecular weight excluding hydrogens is 387 g/mol. The molecule has 8 atom stereocenters. The van der Waals surface area contributed by atoms with E-state index in [2.05, 4.69) is 5.09 Å². The third kappa shape index (κ3) is 7.07. The average Bonchev–Trinajstić information content (AvgIpc) is 3.04. The van der Waals surface area contributed by atoms with E-state index in [1.807, 2.05) is 13.8 Å². The van der Waals surface area contributed by atoms with Gasteiger partial charge in [0.1, 0.15) is 34.0 Å². The third-order valence-corrected chi connectivity index (χ3v) is 5.58. The Morgan fingerprint density at radius 2 is 1.82 bits per heavy atom. The summed E-state index contributed by atoms with van der Waals surface area (Å²) in [6.07, 6.45) is -2.93. The minimum absolute atomic E-state index is 0.00806. The summed E-state index contributed by atoms with van der Waals surface area (Å²) in [6, 6.07) is -2.03. The molecule has 0 aromatic heterocycles. The van der Waals surface area contributed by atoms with Crippen LogP contribution in [0.5, 0.6) is 0 Å². The van der Waals surface area contributed by atoms with E-state index in [4.69, 9.17) is 39.2 Å². The molecule has 0 bridgehead atoms. The van der Waals surface area contributed by atoms with Crippen molar-refractivity contribution in [2.45, 2.75) is 88.8 Å². The molecule has 0 saturated carbocycles.